The molecule has 6 N–H and O–H groups in total. The first-order valence-electron chi connectivity index (χ1n) is 13.3. The monoisotopic (exact) mass is 580 g/mol. The van der Waals surface area contributed by atoms with Crippen LogP contribution in [0.2, 0.25) is 0 Å². The molecule has 3 fully saturated rings. The van der Waals surface area contributed by atoms with Gasteiger partial charge in [0.05, 0.1) is 17.2 Å². The number of benzene rings is 1. The number of phenols is 1. The van der Waals surface area contributed by atoms with E-state index in [4.69, 9.17) is 4.74 Å². The van der Waals surface area contributed by atoms with Crippen molar-refractivity contribution in [2.75, 3.05) is 24.6 Å². The minimum atomic E-state index is -1.47. The molecule has 0 aromatic heterocycles. The van der Waals surface area contributed by atoms with Gasteiger partial charge < -0.3 is 36.2 Å². The van der Waals surface area contributed by atoms with Crippen LogP contribution in [-0.2, 0) is 19.1 Å². The third-order valence-corrected chi connectivity index (χ3v) is 10.1. The Morgan fingerprint density at radius 3 is 2.44 bits per heavy atom. The summed E-state index contributed by atoms with van der Waals surface area (Å²) < 4.78 is 4.95. The highest BCUT2D eigenvalue weighted by Gasteiger charge is 2.41. The molecule has 0 unspecified atom stereocenters. The lowest BCUT2D eigenvalue weighted by molar-refractivity contribution is -0.137. The zero-order valence-electron chi connectivity index (χ0n) is 21.6. The molecule has 2 heterocycles. The minimum absolute atomic E-state index is 0.0948. The summed E-state index contributed by atoms with van der Waals surface area (Å²) >= 11 is 0. The van der Waals surface area contributed by atoms with Gasteiger partial charge in [-0.3, -0.25) is 14.4 Å². The second-order valence-corrected chi connectivity index (χ2v) is 12.8. The van der Waals surface area contributed by atoms with E-state index in [0.717, 1.165) is 31.2 Å². The maximum absolute atomic E-state index is 13.3. The van der Waals surface area contributed by atoms with Gasteiger partial charge in [-0.2, -0.15) is 0 Å². The highest BCUT2D eigenvalue weighted by atomic mass is 33.1. The van der Waals surface area contributed by atoms with Crippen LogP contribution in [0, 0.1) is 5.41 Å². The first-order valence-corrected chi connectivity index (χ1v) is 15.8. The van der Waals surface area contributed by atoms with Gasteiger partial charge in [0.1, 0.15) is 11.8 Å². The van der Waals surface area contributed by atoms with Crippen molar-refractivity contribution in [3.8, 4) is 5.75 Å². The standard InChI is InChI=1S/C26H36N4O7S2/c31-17-6-4-16(5-7-17)18-8-12-27-21(18)23(33)29-19-14-38-39-15-20(37-25(35)36)30-24(34)26(9-2-1-3-10-26)11-13-28-22(19)32/h4-7,18-21,27,31H,1-3,8-15H2,(H,28,32)(H,29,33)(H,30,34)(H,35,36)/t18-,19+,20-,21+/m1/s1. The number of carbonyl (C=O) groups is 4. The van der Waals surface area contributed by atoms with Crippen LogP contribution in [0.1, 0.15) is 56.4 Å². The van der Waals surface area contributed by atoms with Crippen LogP contribution >= 0.6 is 21.6 Å². The first-order chi connectivity index (χ1) is 18.8. The summed E-state index contributed by atoms with van der Waals surface area (Å²) in [6.07, 6.45) is 2.77. The predicted molar refractivity (Wildman–Crippen MR) is 148 cm³/mol. The third kappa shape index (κ3) is 7.73. The van der Waals surface area contributed by atoms with Gasteiger partial charge in [0.25, 0.3) is 0 Å². The van der Waals surface area contributed by atoms with E-state index >= 15 is 0 Å². The molecule has 39 heavy (non-hydrogen) atoms. The number of carbonyl (C=O) groups excluding carboxylic acids is 3. The van der Waals surface area contributed by atoms with Gasteiger partial charge in [-0.1, -0.05) is 53.0 Å². The molecule has 1 saturated carbocycles. The first kappa shape index (κ1) is 29.3. The van der Waals surface area contributed by atoms with Crippen molar-refractivity contribution < 1.29 is 34.1 Å². The van der Waals surface area contributed by atoms with Crippen molar-refractivity contribution in [3.05, 3.63) is 29.8 Å². The molecule has 13 heteroatoms. The van der Waals surface area contributed by atoms with Crippen molar-refractivity contribution in [1.29, 1.82) is 0 Å². The molecule has 4 atom stereocenters. The van der Waals surface area contributed by atoms with Crippen LogP contribution < -0.4 is 21.3 Å². The van der Waals surface area contributed by atoms with Gasteiger partial charge in [-0.05, 0) is 49.9 Å². The van der Waals surface area contributed by atoms with Crippen molar-refractivity contribution in [2.24, 2.45) is 5.41 Å². The van der Waals surface area contributed by atoms with Crippen LogP contribution in [0.3, 0.4) is 0 Å². The lowest BCUT2D eigenvalue weighted by Gasteiger charge is -2.37. The molecule has 0 bridgehead atoms. The fraction of sp³-hybridized carbons (Fsp3) is 0.615. The summed E-state index contributed by atoms with van der Waals surface area (Å²) in [5.41, 5.74) is 0.225. The zero-order valence-corrected chi connectivity index (χ0v) is 23.3. The highest BCUT2D eigenvalue weighted by Crippen LogP contribution is 2.40. The second kappa shape index (κ2) is 13.6. The SMILES string of the molecule is O=C(O)O[C@@H]1CSSC[C@H](NC(=O)[C@H]2NCC[C@@H]2c2ccc(O)cc2)C(=O)NCCC2(CCCCC2)C(=O)N1. The number of phenolic OH excluding ortho intramolecular Hbond substituents is 1. The molecule has 3 amide bonds. The number of nitrogens with one attached hydrogen (secondary N) is 4. The summed E-state index contributed by atoms with van der Waals surface area (Å²) in [5.74, 6) is -0.379. The Morgan fingerprint density at radius 1 is 1.00 bits per heavy atom. The largest absolute Gasteiger partial charge is 0.508 e. The van der Waals surface area contributed by atoms with E-state index in [1.807, 2.05) is 0 Å². The van der Waals surface area contributed by atoms with Gasteiger partial charge in [0.2, 0.25) is 17.7 Å². The molecule has 1 aliphatic carbocycles. The van der Waals surface area contributed by atoms with Gasteiger partial charge in [-0.25, -0.2) is 4.79 Å². The molecule has 0 radical (unpaired) electrons. The topological polar surface area (TPSA) is 166 Å². The van der Waals surface area contributed by atoms with E-state index in [1.54, 1.807) is 24.3 Å². The maximum atomic E-state index is 13.3. The molecule has 2 aliphatic heterocycles. The number of hydrogen-bond acceptors (Lipinski definition) is 9. The van der Waals surface area contributed by atoms with Crippen molar-refractivity contribution >= 4 is 45.5 Å². The molecule has 1 spiro atoms. The third-order valence-electron chi connectivity index (χ3n) is 7.73. The summed E-state index contributed by atoms with van der Waals surface area (Å²) in [6, 6.07) is 5.46. The normalized spacial score (nSPS) is 28.2. The Bertz CT molecular complexity index is 1040. The smallest absolute Gasteiger partial charge is 0.507 e. The Hall–Kier alpha value is -2.64. The van der Waals surface area contributed by atoms with Gasteiger partial charge in [0, 0.05) is 18.2 Å². The summed E-state index contributed by atoms with van der Waals surface area (Å²) in [5, 5.41) is 30.6. The maximum Gasteiger partial charge on any atom is 0.507 e. The Balaban J connectivity index is 1.46. The zero-order chi connectivity index (χ0) is 27.8. The second-order valence-electron chi connectivity index (χ2n) is 10.3. The molecule has 3 aliphatic rings. The molecule has 11 nitrogen and oxygen atoms in total. The van der Waals surface area contributed by atoms with Crippen LogP contribution in [-0.4, -0.2) is 77.0 Å². The van der Waals surface area contributed by atoms with E-state index < -0.39 is 29.9 Å². The van der Waals surface area contributed by atoms with Crippen LogP contribution in [0.25, 0.3) is 0 Å². The molecule has 1 aromatic carbocycles. The van der Waals surface area contributed by atoms with Crippen molar-refractivity contribution in [1.82, 2.24) is 21.3 Å². The highest BCUT2D eigenvalue weighted by molar-refractivity contribution is 8.76. The van der Waals surface area contributed by atoms with E-state index in [-0.39, 0.29) is 47.4 Å². The molecule has 1 aromatic rings. The number of ether oxygens (including phenoxy) is 1. The van der Waals surface area contributed by atoms with Crippen molar-refractivity contribution in [2.45, 2.75) is 69.2 Å². The van der Waals surface area contributed by atoms with E-state index in [0.29, 0.717) is 25.8 Å². The average molecular weight is 581 g/mol. The molecule has 214 valence electrons. The fourth-order valence-corrected chi connectivity index (χ4v) is 7.82. The fourth-order valence-electron chi connectivity index (χ4n) is 5.62. The van der Waals surface area contributed by atoms with E-state index in [9.17, 15) is 29.4 Å². The molecular formula is C26H36N4O7S2. The van der Waals surface area contributed by atoms with E-state index in [2.05, 4.69) is 21.3 Å². The van der Waals surface area contributed by atoms with Crippen LogP contribution in [0.5, 0.6) is 5.75 Å². The molecular weight excluding hydrogens is 544 g/mol. The van der Waals surface area contributed by atoms with Crippen LogP contribution in [0.15, 0.2) is 24.3 Å². The van der Waals surface area contributed by atoms with Gasteiger partial charge in [-0.15, -0.1) is 0 Å². The molecule has 2 saturated heterocycles. The number of amides is 3. The number of aromatic hydroxyl groups is 1. The minimum Gasteiger partial charge on any atom is -0.508 e. The van der Waals surface area contributed by atoms with E-state index in [1.165, 1.54) is 21.6 Å². The Kier molecular flexibility index (Phi) is 10.2. The Morgan fingerprint density at radius 2 is 1.72 bits per heavy atom. The predicted octanol–water partition coefficient (Wildman–Crippen LogP) is 2.31. The quantitative estimate of drug-likeness (QED) is 0.230. The van der Waals surface area contributed by atoms with Gasteiger partial charge >= 0.3 is 6.16 Å². The number of rotatable bonds is 4. The summed E-state index contributed by atoms with van der Waals surface area (Å²) in [6.45, 7) is 0.915. The number of carboxylic acid groups (broad SMARTS) is 1. The lowest BCUT2D eigenvalue weighted by atomic mass is 9.71. The van der Waals surface area contributed by atoms with Crippen molar-refractivity contribution in [3.63, 3.8) is 0 Å². The summed E-state index contributed by atoms with van der Waals surface area (Å²) in [4.78, 5) is 51.1. The summed E-state index contributed by atoms with van der Waals surface area (Å²) in [7, 11) is 2.57. The number of hydrogen-bond donors (Lipinski definition) is 6. The molecule has 4 rings (SSSR count). The van der Waals surface area contributed by atoms with Crippen LogP contribution in [0.4, 0.5) is 4.79 Å². The average Bonchev–Trinajstić information content (AvgIpc) is 3.40. The lowest BCUT2D eigenvalue weighted by Crippen LogP contribution is -2.54. The Labute approximate surface area is 235 Å². The van der Waals surface area contributed by atoms with Gasteiger partial charge in [0.15, 0.2) is 6.23 Å².